The highest BCUT2D eigenvalue weighted by Crippen LogP contribution is 2.21. The van der Waals surface area contributed by atoms with Crippen molar-refractivity contribution in [1.82, 2.24) is 10.2 Å². The molecule has 0 spiro atoms. The number of hydrogen-bond donors (Lipinski definition) is 1. The molecular weight excluding hydrogens is 250 g/mol. The van der Waals surface area contributed by atoms with Crippen LogP contribution < -0.4 is 0 Å². The highest BCUT2D eigenvalue weighted by molar-refractivity contribution is 5.26. The first-order valence-electron chi connectivity index (χ1n) is 5.89. The van der Waals surface area contributed by atoms with Crippen LogP contribution in [-0.4, -0.2) is 15.3 Å². The van der Waals surface area contributed by atoms with Crippen molar-refractivity contribution < 1.29 is 13.9 Å². The summed E-state index contributed by atoms with van der Waals surface area (Å²) < 4.78 is 26.2. The van der Waals surface area contributed by atoms with Crippen LogP contribution in [0.3, 0.4) is 0 Å². The van der Waals surface area contributed by atoms with Crippen molar-refractivity contribution in [1.29, 1.82) is 0 Å². The first-order valence-corrected chi connectivity index (χ1v) is 5.89. The maximum atomic E-state index is 13.1. The molecule has 0 saturated carbocycles. The number of aliphatic hydroxyl groups excluding tert-OH is 1. The Morgan fingerprint density at radius 2 is 1.68 bits per heavy atom. The molecule has 5 heteroatoms. The number of nitrogens with zero attached hydrogens (tertiary/aromatic N) is 2. The van der Waals surface area contributed by atoms with Gasteiger partial charge in [-0.3, -0.25) is 0 Å². The summed E-state index contributed by atoms with van der Waals surface area (Å²) in [5.41, 5.74) is 2.32. The van der Waals surface area contributed by atoms with E-state index in [0.29, 0.717) is 22.5 Å². The lowest BCUT2D eigenvalue weighted by molar-refractivity contribution is 0.176. The predicted octanol–water partition coefficient (Wildman–Crippen LogP) is 2.65. The molecule has 0 bridgehead atoms. The lowest BCUT2D eigenvalue weighted by atomic mass is 10.0. The van der Waals surface area contributed by atoms with Crippen LogP contribution in [-0.2, 0) is 6.42 Å². The van der Waals surface area contributed by atoms with Crippen LogP contribution in [0.15, 0.2) is 24.3 Å². The van der Waals surface area contributed by atoms with Gasteiger partial charge in [0, 0.05) is 18.1 Å². The van der Waals surface area contributed by atoms with E-state index in [1.54, 1.807) is 19.9 Å². The fourth-order valence-electron chi connectivity index (χ4n) is 1.97. The SMILES string of the molecule is Cc1cc(C(O)Cc2cc(F)cc(F)c2)c(C)nn1. The van der Waals surface area contributed by atoms with Crippen molar-refractivity contribution >= 4 is 0 Å². The summed E-state index contributed by atoms with van der Waals surface area (Å²) in [5.74, 6) is -1.30. The van der Waals surface area contributed by atoms with Crippen molar-refractivity contribution in [3.05, 3.63) is 58.4 Å². The van der Waals surface area contributed by atoms with E-state index in [1.807, 2.05) is 0 Å². The van der Waals surface area contributed by atoms with Gasteiger partial charge < -0.3 is 5.11 Å². The monoisotopic (exact) mass is 264 g/mol. The second-order valence-corrected chi connectivity index (χ2v) is 4.52. The number of rotatable bonds is 3. The average molecular weight is 264 g/mol. The van der Waals surface area contributed by atoms with Gasteiger partial charge in [0.15, 0.2) is 0 Å². The van der Waals surface area contributed by atoms with Crippen LogP contribution in [0.25, 0.3) is 0 Å². The molecule has 0 saturated heterocycles. The molecule has 1 unspecified atom stereocenters. The standard InChI is InChI=1S/C14H14F2N2O/c1-8-3-13(9(2)18-17-8)14(19)6-10-4-11(15)7-12(16)5-10/h3-5,7,14,19H,6H2,1-2H3. The minimum Gasteiger partial charge on any atom is -0.388 e. The van der Waals surface area contributed by atoms with Crippen LogP contribution in [0.4, 0.5) is 8.78 Å². The van der Waals surface area contributed by atoms with Crippen LogP contribution in [0, 0.1) is 25.5 Å². The molecule has 0 aliphatic heterocycles. The van der Waals surface area contributed by atoms with Crippen molar-refractivity contribution in [2.75, 3.05) is 0 Å². The molecule has 0 amide bonds. The quantitative estimate of drug-likeness (QED) is 0.927. The normalized spacial score (nSPS) is 12.5. The van der Waals surface area contributed by atoms with Gasteiger partial charge in [0.1, 0.15) is 11.6 Å². The lowest BCUT2D eigenvalue weighted by Crippen LogP contribution is -2.07. The van der Waals surface area contributed by atoms with Crippen molar-refractivity contribution in [3.63, 3.8) is 0 Å². The summed E-state index contributed by atoms with van der Waals surface area (Å²) in [6, 6.07) is 4.95. The van der Waals surface area contributed by atoms with Crippen LogP contribution in [0.2, 0.25) is 0 Å². The molecule has 2 aromatic rings. The van der Waals surface area contributed by atoms with E-state index in [-0.39, 0.29) is 6.42 Å². The molecule has 0 radical (unpaired) electrons. The molecule has 2 rings (SSSR count). The van der Waals surface area contributed by atoms with Gasteiger partial charge in [0.05, 0.1) is 17.5 Å². The topological polar surface area (TPSA) is 46.0 Å². The molecule has 0 fully saturated rings. The third-order valence-electron chi connectivity index (χ3n) is 2.85. The predicted molar refractivity (Wildman–Crippen MR) is 66.5 cm³/mol. The van der Waals surface area contributed by atoms with E-state index in [1.165, 1.54) is 12.1 Å². The largest absolute Gasteiger partial charge is 0.388 e. The Kier molecular flexibility index (Phi) is 3.85. The molecule has 1 aromatic heterocycles. The van der Waals surface area contributed by atoms with Crippen molar-refractivity contribution in [3.8, 4) is 0 Å². The van der Waals surface area contributed by atoms with Crippen molar-refractivity contribution in [2.24, 2.45) is 0 Å². The Balaban J connectivity index is 2.25. The van der Waals surface area contributed by atoms with Gasteiger partial charge >= 0.3 is 0 Å². The number of hydrogen-bond acceptors (Lipinski definition) is 3. The van der Waals surface area contributed by atoms with Crippen LogP contribution in [0.5, 0.6) is 0 Å². The molecule has 1 heterocycles. The first kappa shape index (κ1) is 13.5. The van der Waals surface area contributed by atoms with E-state index in [2.05, 4.69) is 10.2 Å². The van der Waals surface area contributed by atoms with Gasteiger partial charge in [-0.1, -0.05) is 0 Å². The number of halogens is 2. The third-order valence-corrected chi connectivity index (χ3v) is 2.85. The Labute approximate surface area is 109 Å². The molecule has 1 aromatic carbocycles. The molecule has 19 heavy (non-hydrogen) atoms. The van der Waals surface area contributed by atoms with E-state index in [4.69, 9.17) is 0 Å². The fourth-order valence-corrected chi connectivity index (χ4v) is 1.97. The number of aryl methyl sites for hydroxylation is 2. The maximum Gasteiger partial charge on any atom is 0.126 e. The zero-order valence-corrected chi connectivity index (χ0v) is 10.7. The molecule has 3 nitrogen and oxygen atoms in total. The van der Waals surface area contributed by atoms with Gasteiger partial charge in [0.25, 0.3) is 0 Å². The molecule has 1 atom stereocenters. The second kappa shape index (κ2) is 5.40. The van der Waals surface area contributed by atoms with Gasteiger partial charge in [-0.15, -0.1) is 0 Å². The Bertz CT molecular complexity index is 582. The minimum absolute atomic E-state index is 0.126. The number of benzene rings is 1. The Hall–Kier alpha value is -1.88. The van der Waals surface area contributed by atoms with E-state index < -0.39 is 17.7 Å². The zero-order chi connectivity index (χ0) is 14.0. The summed E-state index contributed by atoms with van der Waals surface area (Å²) in [4.78, 5) is 0. The van der Waals surface area contributed by atoms with Gasteiger partial charge in [-0.05, 0) is 37.6 Å². The van der Waals surface area contributed by atoms with E-state index >= 15 is 0 Å². The average Bonchev–Trinajstić information content (AvgIpc) is 2.30. The van der Waals surface area contributed by atoms with E-state index in [0.717, 1.165) is 6.07 Å². The maximum absolute atomic E-state index is 13.1. The first-order chi connectivity index (χ1) is 8.95. The molecule has 0 aliphatic carbocycles. The number of aromatic nitrogens is 2. The van der Waals surface area contributed by atoms with Crippen LogP contribution >= 0.6 is 0 Å². The highest BCUT2D eigenvalue weighted by atomic mass is 19.1. The van der Waals surface area contributed by atoms with Crippen LogP contribution in [0.1, 0.15) is 28.6 Å². The fraction of sp³-hybridized carbons (Fsp3) is 0.286. The smallest absolute Gasteiger partial charge is 0.126 e. The summed E-state index contributed by atoms with van der Waals surface area (Å²) in [6.45, 7) is 3.50. The van der Waals surface area contributed by atoms with Gasteiger partial charge in [-0.25, -0.2) is 8.78 Å². The summed E-state index contributed by atoms with van der Waals surface area (Å²) in [5, 5.41) is 17.9. The molecule has 1 N–H and O–H groups in total. The summed E-state index contributed by atoms with van der Waals surface area (Å²) in [6.07, 6.45) is -0.740. The third kappa shape index (κ3) is 3.32. The van der Waals surface area contributed by atoms with Gasteiger partial charge in [0.2, 0.25) is 0 Å². The molecule has 100 valence electrons. The summed E-state index contributed by atoms with van der Waals surface area (Å²) >= 11 is 0. The Morgan fingerprint density at radius 1 is 1.05 bits per heavy atom. The Morgan fingerprint density at radius 3 is 2.32 bits per heavy atom. The van der Waals surface area contributed by atoms with Gasteiger partial charge in [-0.2, -0.15) is 10.2 Å². The number of aliphatic hydroxyl groups is 1. The second-order valence-electron chi connectivity index (χ2n) is 4.52. The summed E-state index contributed by atoms with van der Waals surface area (Å²) in [7, 11) is 0. The zero-order valence-electron chi connectivity index (χ0n) is 10.7. The molecular formula is C14H14F2N2O. The van der Waals surface area contributed by atoms with E-state index in [9.17, 15) is 13.9 Å². The molecule has 0 aliphatic rings. The highest BCUT2D eigenvalue weighted by Gasteiger charge is 2.14. The lowest BCUT2D eigenvalue weighted by Gasteiger charge is -2.13. The van der Waals surface area contributed by atoms with Crippen molar-refractivity contribution in [2.45, 2.75) is 26.4 Å². The minimum atomic E-state index is -0.865.